The number of nitrogens with zero attached hydrogens (tertiary/aromatic N) is 1. The van der Waals surface area contributed by atoms with E-state index in [0.29, 0.717) is 22.5 Å². The molecule has 19 heavy (non-hydrogen) atoms. The van der Waals surface area contributed by atoms with Crippen molar-refractivity contribution in [3.05, 3.63) is 33.3 Å². The number of rotatable bonds is 1. The fourth-order valence-corrected chi connectivity index (χ4v) is 3.63. The number of piperidine rings is 1. The molecule has 1 aromatic rings. The molecule has 3 nitrogen and oxygen atoms in total. The van der Waals surface area contributed by atoms with Crippen LogP contribution in [-0.4, -0.2) is 36.5 Å². The van der Waals surface area contributed by atoms with Crippen molar-refractivity contribution in [2.75, 3.05) is 19.6 Å². The lowest BCUT2D eigenvalue weighted by Gasteiger charge is -2.24. The molecule has 2 fully saturated rings. The standard InChI is InChI=1S/C14H16BrClN2O/c15-12-4-3-10(16)6-11(12)14(19)18-7-9-2-1-5-17-13(9)8-18/h3-4,6,9,13,17H,1-2,5,7-8H2/t9-,13+/m0/s1. The molecule has 0 saturated carbocycles. The number of carbonyl (C=O) groups is 1. The molecule has 0 aromatic heterocycles. The van der Waals surface area contributed by atoms with Crippen LogP contribution < -0.4 is 5.32 Å². The van der Waals surface area contributed by atoms with Gasteiger partial charge in [-0.25, -0.2) is 0 Å². The first-order valence-corrected chi connectivity index (χ1v) is 7.80. The Morgan fingerprint density at radius 1 is 1.42 bits per heavy atom. The maximum Gasteiger partial charge on any atom is 0.255 e. The summed E-state index contributed by atoms with van der Waals surface area (Å²) < 4.78 is 0.810. The van der Waals surface area contributed by atoms with Crippen molar-refractivity contribution >= 4 is 33.4 Å². The molecular formula is C14H16BrClN2O. The van der Waals surface area contributed by atoms with Crippen LogP contribution in [-0.2, 0) is 0 Å². The molecule has 0 spiro atoms. The molecular weight excluding hydrogens is 328 g/mol. The third-order valence-electron chi connectivity index (χ3n) is 4.05. The van der Waals surface area contributed by atoms with Crippen molar-refractivity contribution in [2.24, 2.45) is 5.92 Å². The van der Waals surface area contributed by atoms with Crippen LogP contribution in [0.3, 0.4) is 0 Å². The molecule has 0 unspecified atom stereocenters. The van der Waals surface area contributed by atoms with E-state index in [4.69, 9.17) is 11.6 Å². The van der Waals surface area contributed by atoms with Gasteiger partial charge in [-0.15, -0.1) is 0 Å². The monoisotopic (exact) mass is 342 g/mol. The highest BCUT2D eigenvalue weighted by Gasteiger charge is 2.36. The summed E-state index contributed by atoms with van der Waals surface area (Å²) in [4.78, 5) is 14.5. The summed E-state index contributed by atoms with van der Waals surface area (Å²) in [6.45, 7) is 2.74. The average molecular weight is 344 g/mol. The number of likely N-dealkylation sites (tertiary alicyclic amines) is 1. The van der Waals surface area contributed by atoms with E-state index in [1.54, 1.807) is 12.1 Å². The minimum atomic E-state index is 0.0746. The third kappa shape index (κ3) is 2.67. The molecule has 1 aromatic carbocycles. The molecule has 2 saturated heterocycles. The number of benzene rings is 1. The van der Waals surface area contributed by atoms with Gasteiger partial charge in [0.2, 0.25) is 0 Å². The van der Waals surface area contributed by atoms with Crippen LogP contribution in [0.2, 0.25) is 5.02 Å². The number of hydrogen-bond acceptors (Lipinski definition) is 2. The molecule has 1 amide bonds. The van der Waals surface area contributed by atoms with Crippen molar-refractivity contribution < 1.29 is 4.79 Å². The van der Waals surface area contributed by atoms with Crippen molar-refractivity contribution in [3.8, 4) is 0 Å². The molecule has 2 aliphatic rings. The van der Waals surface area contributed by atoms with Crippen LogP contribution in [0.4, 0.5) is 0 Å². The quantitative estimate of drug-likeness (QED) is 0.850. The fourth-order valence-electron chi connectivity index (χ4n) is 3.04. The number of halogens is 2. The molecule has 0 aliphatic carbocycles. The maximum absolute atomic E-state index is 12.6. The first-order chi connectivity index (χ1) is 9.15. The Morgan fingerprint density at radius 2 is 2.26 bits per heavy atom. The average Bonchev–Trinajstić information content (AvgIpc) is 2.84. The summed E-state index contributed by atoms with van der Waals surface area (Å²) in [6, 6.07) is 5.82. The summed E-state index contributed by atoms with van der Waals surface area (Å²) in [6.07, 6.45) is 2.43. The van der Waals surface area contributed by atoms with E-state index in [1.165, 1.54) is 12.8 Å². The molecule has 2 atom stereocenters. The van der Waals surface area contributed by atoms with Gasteiger partial charge in [-0.05, 0) is 59.4 Å². The summed E-state index contributed by atoms with van der Waals surface area (Å²) in [5.41, 5.74) is 0.658. The third-order valence-corrected chi connectivity index (χ3v) is 4.97. The van der Waals surface area contributed by atoms with Crippen LogP contribution in [0.5, 0.6) is 0 Å². The van der Waals surface area contributed by atoms with Crippen molar-refractivity contribution in [1.29, 1.82) is 0 Å². The van der Waals surface area contributed by atoms with Gasteiger partial charge < -0.3 is 10.2 Å². The predicted molar refractivity (Wildman–Crippen MR) is 79.6 cm³/mol. The molecule has 3 rings (SSSR count). The van der Waals surface area contributed by atoms with E-state index in [9.17, 15) is 4.79 Å². The minimum Gasteiger partial charge on any atom is -0.337 e. The topological polar surface area (TPSA) is 32.3 Å². The molecule has 2 aliphatic heterocycles. The SMILES string of the molecule is O=C(c1cc(Cl)ccc1Br)N1C[C@@H]2CCCN[C@@H]2C1. The first kappa shape index (κ1) is 13.4. The van der Waals surface area contributed by atoms with Gasteiger partial charge in [-0.3, -0.25) is 4.79 Å². The van der Waals surface area contributed by atoms with Crippen LogP contribution >= 0.6 is 27.5 Å². The molecule has 5 heteroatoms. The van der Waals surface area contributed by atoms with Crippen molar-refractivity contribution in [1.82, 2.24) is 10.2 Å². The smallest absolute Gasteiger partial charge is 0.255 e. The fraction of sp³-hybridized carbons (Fsp3) is 0.500. The molecule has 0 bridgehead atoms. The number of nitrogens with one attached hydrogen (secondary N) is 1. The highest BCUT2D eigenvalue weighted by molar-refractivity contribution is 9.10. The van der Waals surface area contributed by atoms with Crippen molar-refractivity contribution in [2.45, 2.75) is 18.9 Å². The second-order valence-corrected chi connectivity index (χ2v) is 6.59. The Labute approximate surface area is 126 Å². The number of hydrogen-bond donors (Lipinski definition) is 1. The van der Waals surface area contributed by atoms with E-state index in [-0.39, 0.29) is 5.91 Å². The van der Waals surface area contributed by atoms with E-state index >= 15 is 0 Å². The molecule has 1 N–H and O–H groups in total. The molecule has 2 heterocycles. The van der Waals surface area contributed by atoms with Crippen LogP contribution in [0.25, 0.3) is 0 Å². The second-order valence-electron chi connectivity index (χ2n) is 5.30. The normalized spacial score (nSPS) is 26.3. The number of fused-ring (bicyclic) bond motifs is 1. The van der Waals surface area contributed by atoms with Gasteiger partial charge in [0.1, 0.15) is 0 Å². The Bertz CT molecular complexity index is 494. The highest BCUT2D eigenvalue weighted by Crippen LogP contribution is 2.28. The Balaban J connectivity index is 1.79. The largest absolute Gasteiger partial charge is 0.337 e. The van der Waals surface area contributed by atoms with E-state index in [2.05, 4.69) is 21.2 Å². The summed E-state index contributed by atoms with van der Waals surface area (Å²) in [7, 11) is 0. The van der Waals surface area contributed by atoms with Gasteiger partial charge in [-0.2, -0.15) is 0 Å². The minimum absolute atomic E-state index is 0.0746. The van der Waals surface area contributed by atoms with E-state index < -0.39 is 0 Å². The lowest BCUT2D eigenvalue weighted by molar-refractivity contribution is 0.0784. The van der Waals surface area contributed by atoms with Gasteiger partial charge in [0.25, 0.3) is 5.91 Å². The molecule has 102 valence electrons. The molecule has 0 radical (unpaired) electrons. The van der Waals surface area contributed by atoms with E-state index in [0.717, 1.165) is 24.1 Å². The van der Waals surface area contributed by atoms with Gasteiger partial charge in [0.15, 0.2) is 0 Å². The Morgan fingerprint density at radius 3 is 3.05 bits per heavy atom. The highest BCUT2D eigenvalue weighted by atomic mass is 79.9. The lowest BCUT2D eigenvalue weighted by atomic mass is 9.94. The summed E-state index contributed by atoms with van der Waals surface area (Å²) in [5, 5.41) is 4.11. The number of amides is 1. The Kier molecular flexibility index (Phi) is 3.83. The van der Waals surface area contributed by atoms with Gasteiger partial charge in [0, 0.05) is 28.6 Å². The van der Waals surface area contributed by atoms with Gasteiger partial charge in [0.05, 0.1) is 5.56 Å². The van der Waals surface area contributed by atoms with Crippen LogP contribution in [0.15, 0.2) is 22.7 Å². The van der Waals surface area contributed by atoms with Crippen LogP contribution in [0, 0.1) is 5.92 Å². The summed E-state index contributed by atoms with van der Waals surface area (Å²) in [5.74, 6) is 0.682. The lowest BCUT2D eigenvalue weighted by Crippen LogP contribution is -2.41. The van der Waals surface area contributed by atoms with E-state index in [1.807, 2.05) is 11.0 Å². The zero-order valence-corrected chi connectivity index (χ0v) is 12.9. The zero-order valence-electron chi connectivity index (χ0n) is 10.5. The summed E-state index contributed by atoms with van der Waals surface area (Å²) >= 11 is 9.42. The Hall–Kier alpha value is -0.580. The van der Waals surface area contributed by atoms with Crippen molar-refractivity contribution in [3.63, 3.8) is 0 Å². The van der Waals surface area contributed by atoms with Crippen LogP contribution in [0.1, 0.15) is 23.2 Å². The maximum atomic E-state index is 12.6. The van der Waals surface area contributed by atoms with Gasteiger partial charge in [-0.1, -0.05) is 11.6 Å². The number of carbonyl (C=O) groups excluding carboxylic acids is 1. The second kappa shape index (κ2) is 5.43. The predicted octanol–water partition coefficient (Wildman–Crippen LogP) is 2.93. The van der Waals surface area contributed by atoms with Gasteiger partial charge >= 0.3 is 0 Å². The first-order valence-electron chi connectivity index (χ1n) is 6.63. The zero-order chi connectivity index (χ0) is 13.4.